The van der Waals surface area contributed by atoms with E-state index in [2.05, 4.69) is 70.9 Å². The Bertz CT molecular complexity index is 872. The van der Waals surface area contributed by atoms with E-state index in [1.807, 2.05) is 0 Å². The molecule has 8 heteroatoms. The molecule has 32 heavy (non-hydrogen) atoms. The molecule has 2 bridgehead atoms. The van der Waals surface area contributed by atoms with E-state index in [0.29, 0.717) is 25.6 Å². The summed E-state index contributed by atoms with van der Waals surface area (Å²) in [5.74, 6) is 0.935. The molecule has 2 amide bonds. The number of aliphatic imine (C=N–C) groups is 1. The first-order valence-electron chi connectivity index (χ1n) is 11.3. The second-order valence-electron chi connectivity index (χ2n) is 8.83. The van der Waals surface area contributed by atoms with Crippen molar-refractivity contribution < 1.29 is 9.59 Å². The van der Waals surface area contributed by atoms with Crippen LogP contribution in [0.2, 0.25) is 0 Å². The number of carbonyl (C=O) groups is 2. The Hall–Kier alpha value is -1.94. The van der Waals surface area contributed by atoms with Gasteiger partial charge in [-0.2, -0.15) is 0 Å². The van der Waals surface area contributed by atoms with Crippen LogP contribution in [0, 0.1) is 23.7 Å². The highest BCUT2D eigenvalue weighted by Crippen LogP contribution is 2.52. The summed E-state index contributed by atoms with van der Waals surface area (Å²) in [6.45, 7) is 5.61. The normalized spacial score (nSPS) is 26.0. The number of amides is 2. The fraction of sp³-hybridized carbons (Fsp3) is 0.542. The number of hydrogen-bond acceptors (Lipinski definition) is 4. The molecule has 4 atom stereocenters. The minimum atomic E-state index is -0.126. The van der Waals surface area contributed by atoms with E-state index >= 15 is 0 Å². The zero-order chi connectivity index (χ0) is 22.0. The summed E-state index contributed by atoms with van der Waals surface area (Å²) in [5.41, 5.74) is 2.47. The SMILES string of the molecule is CCN(C)Cc1cccc(CNC(=NC)NCCN2C(=O)C3C4C=CC(C4)C3C2=O)c1.I. The Labute approximate surface area is 207 Å². The number of guanidine groups is 1. The number of likely N-dealkylation sites (tertiary alicyclic amines) is 1. The van der Waals surface area contributed by atoms with Crippen LogP contribution in [0.15, 0.2) is 41.4 Å². The lowest BCUT2D eigenvalue weighted by atomic mass is 9.85. The molecule has 1 saturated carbocycles. The molecule has 7 nitrogen and oxygen atoms in total. The van der Waals surface area contributed by atoms with Crippen molar-refractivity contribution in [3.63, 3.8) is 0 Å². The maximum absolute atomic E-state index is 12.8. The third-order valence-electron chi connectivity index (χ3n) is 6.86. The van der Waals surface area contributed by atoms with Crippen LogP contribution in [-0.4, -0.2) is 61.3 Å². The molecule has 1 aliphatic heterocycles. The minimum Gasteiger partial charge on any atom is -0.355 e. The summed E-state index contributed by atoms with van der Waals surface area (Å²) in [7, 11) is 3.84. The van der Waals surface area contributed by atoms with Gasteiger partial charge in [-0.1, -0.05) is 43.3 Å². The smallest absolute Gasteiger partial charge is 0.233 e. The van der Waals surface area contributed by atoms with Gasteiger partial charge in [0.25, 0.3) is 0 Å². The van der Waals surface area contributed by atoms with Crippen molar-refractivity contribution in [2.45, 2.75) is 26.4 Å². The number of nitrogens with one attached hydrogen (secondary N) is 2. The average molecular weight is 551 g/mol. The lowest BCUT2D eigenvalue weighted by Gasteiger charge is -2.19. The van der Waals surface area contributed by atoms with Gasteiger partial charge in [0.05, 0.1) is 11.8 Å². The first-order chi connectivity index (χ1) is 15.0. The minimum absolute atomic E-state index is 0. The summed E-state index contributed by atoms with van der Waals surface area (Å²) in [4.78, 5) is 33.5. The Morgan fingerprint density at radius 3 is 2.41 bits per heavy atom. The fourth-order valence-electron chi connectivity index (χ4n) is 5.14. The molecular formula is C24H34IN5O2. The lowest BCUT2D eigenvalue weighted by Crippen LogP contribution is -2.43. The molecule has 0 radical (unpaired) electrons. The number of rotatable bonds is 8. The summed E-state index contributed by atoms with van der Waals surface area (Å²) in [5, 5.41) is 6.56. The molecule has 174 valence electrons. The third kappa shape index (κ3) is 5.01. The molecular weight excluding hydrogens is 517 g/mol. The maximum atomic E-state index is 12.8. The summed E-state index contributed by atoms with van der Waals surface area (Å²) >= 11 is 0. The van der Waals surface area contributed by atoms with Crippen LogP contribution in [0.3, 0.4) is 0 Å². The summed E-state index contributed by atoms with van der Waals surface area (Å²) < 4.78 is 0. The van der Waals surface area contributed by atoms with Gasteiger partial charge in [0.2, 0.25) is 11.8 Å². The zero-order valence-electron chi connectivity index (χ0n) is 19.1. The molecule has 1 aromatic carbocycles. The molecule has 0 aromatic heterocycles. The molecule has 2 fully saturated rings. The predicted molar refractivity (Wildman–Crippen MR) is 137 cm³/mol. The molecule has 1 saturated heterocycles. The van der Waals surface area contributed by atoms with Crippen LogP contribution in [-0.2, 0) is 22.7 Å². The standard InChI is InChI=1S/C24H33N5O2.HI/c1-4-28(3)15-17-7-5-6-16(12-17)14-27-24(25-2)26-10-11-29-22(30)20-18-8-9-19(13-18)21(20)23(29)31;/h5-9,12,18-21H,4,10-11,13-15H2,1-3H3,(H2,25,26,27);1H. The van der Waals surface area contributed by atoms with Crippen LogP contribution < -0.4 is 10.6 Å². The van der Waals surface area contributed by atoms with Crippen molar-refractivity contribution in [1.82, 2.24) is 20.4 Å². The van der Waals surface area contributed by atoms with Gasteiger partial charge in [-0.25, -0.2) is 0 Å². The summed E-state index contributed by atoms with van der Waals surface area (Å²) in [6, 6.07) is 8.52. The number of hydrogen-bond donors (Lipinski definition) is 2. The largest absolute Gasteiger partial charge is 0.355 e. The fourth-order valence-corrected chi connectivity index (χ4v) is 5.14. The molecule has 4 unspecified atom stereocenters. The molecule has 2 N–H and O–H groups in total. The number of fused-ring (bicyclic) bond motifs is 5. The predicted octanol–water partition coefficient (Wildman–Crippen LogP) is 2.23. The first-order valence-corrected chi connectivity index (χ1v) is 11.3. The average Bonchev–Trinajstić information content (AvgIpc) is 3.45. The first kappa shape index (κ1) is 24.7. The Balaban J connectivity index is 0.00000289. The highest BCUT2D eigenvalue weighted by molar-refractivity contribution is 14.0. The molecule has 4 rings (SSSR count). The van der Waals surface area contributed by atoms with Crippen molar-refractivity contribution in [3.8, 4) is 0 Å². The third-order valence-corrected chi connectivity index (χ3v) is 6.86. The van der Waals surface area contributed by atoms with Gasteiger partial charge < -0.3 is 15.5 Å². The van der Waals surface area contributed by atoms with E-state index in [-0.39, 0.29) is 59.5 Å². The topological polar surface area (TPSA) is 77.0 Å². The quantitative estimate of drug-likeness (QED) is 0.171. The van der Waals surface area contributed by atoms with E-state index < -0.39 is 0 Å². The van der Waals surface area contributed by atoms with Gasteiger partial charge in [-0.3, -0.25) is 19.5 Å². The monoisotopic (exact) mass is 551 g/mol. The molecule has 1 aromatic rings. The highest BCUT2D eigenvalue weighted by Gasteiger charge is 2.58. The van der Waals surface area contributed by atoms with Crippen molar-refractivity contribution in [3.05, 3.63) is 47.5 Å². The number of allylic oxidation sites excluding steroid dienone is 2. The van der Waals surface area contributed by atoms with Gasteiger partial charge in [0, 0.05) is 33.2 Å². The lowest BCUT2D eigenvalue weighted by molar-refractivity contribution is -0.140. The molecule has 1 heterocycles. The molecule has 0 spiro atoms. The van der Waals surface area contributed by atoms with Crippen LogP contribution in [0.4, 0.5) is 0 Å². The van der Waals surface area contributed by atoms with Crippen LogP contribution >= 0.6 is 24.0 Å². The van der Waals surface area contributed by atoms with E-state index in [1.165, 1.54) is 16.0 Å². The number of benzene rings is 1. The molecule has 2 aliphatic carbocycles. The second kappa shape index (κ2) is 10.8. The van der Waals surface area contributed by atoms with E-state index in [4.69, 9.17) is 0 Å². The number of nitrogens with zero attached hydrogens (tertiary/aromatic N) is 3. The second-order valence-corrected chi connectivity index (χ2v) is 8.83. The van der Waals surface area contributed by atoms with Gasteiger partial charge in [-0.15, -0.1) is 24.0 Å². The van der Waals surface area contributed by atoms with Gasteiger partial charge in [-0.05, 0) is 43.0 Å². The molecule has 3 aliphatic rings. The van der Waals surface area contributed by atoms with Gasteiger partial charge >= 0.3 is 0 Å². The summed E-state index contributed by atoms with van der Waals surface area (Å²) in [6.07, 6.45) is 5.21. The number of carbonyl (C=O) groups excluding carboxylic acids is 2. The van der Waals surface area contributed by atoms with Crippen molar-refractivity contribution in [2.75, 3.05) is 33.7 Å². The van der Waals surface area contributed by atoms with Crippen molar-refractivity contribution in [2.24, 2.45) is 28.7 Å². The van der Waals surface area contributed by atoms with Crippen molar-refractivity contribution >= 4 is 41.8 Å². The number of halogens is 1. The Morgan fingerprint density at radius 1 is 1.12 bits per heavy atom. The Kier molecular flexibility index (Phi) is 8.32. The van der Waals surface area contributed by atoms with Crippen LogP contribution in [0.25, 0.3) is 0 Å². The zero-order valence-corrected chi connectivity index (χ0v) is 21.4. The van der Waals surface area contributed by atoms with Crippen LogP contribution in [0.5, 0.6) is 0 Å². The van der Waals surface area contributed by atoms with Gasteiger partial charge in [0.15, 0.2) is 5.96 Å². The maximum Gasteiger partial charge on any atom is 0.233 e. The highest BCUT2D eigenvalue weighted by atomic mass is 127. The van der Waals surface area contributed by atoms with E-state index in [1.54, 1.807) is 7.05 Å². The van der Waals surface area contributed by atoms with Crippen molar-refractivity contribution in [1.29, 1.82) is 0 Å². The van der Waals surface area contributed by atoms with Gasteiger partial charge in [0.1, 0.15) is 0 Å². The van der Waals surface area contributed by atoms with Crippen LogP contribution in [0.1, 0.15) is 24.5 Å². The Morgan fingerprint density at radius 2 is 1.78 bits per heavy atom. The number of imide groups is 1. The van der Waals surface area contributed by atoms with E-state index in [9.17, 15) is 9.59 Å². The van der Waals surface area contributed by atoms with E-state index in [0.717, 1.165) is 19.5 Å².